The van der Waals surface area contributed by atoms with E-state index in [1.165, 1.54) is 9.21 Å². The number of carbonyl (C=O) groups excluding carboxylic acids is 2. The fourth-order valence-corrected chi connectivity index (χ4v) is 4.93. The minimum atomic E-state index is -3.55. The van der Waals surface area contributed by atoms with Crippen molar-refractivity contribution in [2.24, 2.45) is 0 Å². The second-order valence-electron chi connectivity index (χ2n) is 7.00. The van der Waals surface area contributed by atoms with Gasteiger partial charge in [-0.05, 0) is 32.4 Å². The molecule has 3 amide bonds. The number of rotatable bonds is 4. The predicted octanol–water partition coefficient (Wildman–Crippen LogP) is 0.632. The van der Waals surface area contributed by atoms with Crippen molar-refractivity contribution in [3.63, 3.8) is 0 Å². The minimum Gasteiger partial charge on any atom is -0.336 e. The normalized spacial score (nSPS) is 21.0. The van der Waals surface area contributed by atoms with E-state index in [9.17, 15) is 18.0 Å². The van der Waals surface area contributed by atoms with Gasteiger partial charge < -0.3 is 5.32 Å². The van der Waals surface area contributed by atoms with Crippen molar-refractivity contribution in [1.82, 2.24) is 19.4 Å². The Morgan fingerprint density at radius 1 is 1.07 bits per heavy atom. The molecule has 3 rings (SSSR count). The number of sulfonamides is 1. The monoisotopic (exact) mass is 394 g/mol. The highest BCUT2D eigenvalue weighted by Crippen LogP contribution is 2.19. The molecule has 0 bridgehead atoms. The van der Waals surface area contributed by atoms with Crippen molar-refractivity contribution in [2.45, 2.75) is 31.2 Å². The van der Waals surface area contributed by atoms with Crippen LogP contribution in [-0.4, -0.2) is 79.8 Å². The summed E-state index contributed by atoms with van der Waals surface area (Å²) in [5.41, 5.74) is 1.01. The van der Waals surface area contributed by atoms with E-state index in [-0.39, 0.29) is 11.9 Å². The number of amides is 3. The van der Waals surface area contributed by atoms with Crippen molar-refractivity contribution in [1.29, 1.82) is 0 Å². The summed E-state index contributed by atoms with van der Waals surface area (Å²) in [4.78, 5) is 27.8. The fraction of sp³-hybridized carbons (Fsp3) is 0.556. The summed E-state index contributed by atoms with van der Waals surface area (Å²) in [6, 6.07) is 6.02. The Morgan fingerprint density at radius 3 is 2.41 bits per heavy atom. The summed E-state index contributed by atoms with van der Waals surface area (Å²) in [5, 5.41) is 2.63. The fourth-order valence-electron chi connectivity index (χ4n) is 3.46. The van der Waals surface area contributed by atoms with E-state index in [0.29, 0.717) is 50.6 Å². The number of aryl methyl sites for hydroxylation is 1. The first-order valence-corrected chi connectivity index (χ1v) is 10.6. The lowest BCUT2D eigenvalue weighted by molar-refractivity contribution is -0.132. The first kappa shape index (κ1) is 19.8. The first-order chi connectivity index (χ1) is 12.8. The molecule has 1 atom stereocenters. The Hall–Kier alpha value is -1.97. The molecule has 0 saturated carbocycles. The molecule has 9 heteroatoms. The molecular weight excluding hydrogens is 368 g/mol. The summed E-state index contributed by atoms with van der Waals surface area (Å²) >= 11 is 0. The zero-order valence-corrected chi connectivity index (χ0v) is 16.5. The van der Waals surface area contributed by atoms with Gasteiger partial charge in [0.25, 0.3) is 0 Å². The Balaban J connectivity index is 1.67. The van der Waals surface area contributed by atoms with Crippen LogP contribution in [0.15, 0.2) is 29.2 Å². The van der Waals surface area contributed by atoms with Crippen molar-refractivity contribution in [3.05, 3.63) is 29.8 Å². The lowest BCUT2D eigenvalue weighted by Gasteiger charge is -2.28. The van der Waals surface area contributed by atoms with Gasteiger partial charge in [-0.15, -0.1) is 0 Å². The van der Waals surface area contributed by atoms with Gasteiger partial charge in [-0.3, -0.25) is 14.6 Å². The van der Waals surface area contributed by atoms with Gasteiger partial charge in [-0.1, -0.05) is 17.7 Å². The molecule has 1 aromatic carbocycles. The van der Waals surface area contributed by atoms with Gasteiger partial charge in [0.2, 0.25) is 15.9 Å². The second kappa shape index (κ2) is 7.95. The van der Waals surface area contributed by atoms with Gasteiger partial charge in [0.1, 0.15) is 0 Å². The molecule has 148 valence electrons. The van der Waals surface area contributed by atoms with Crippen LogP contribution < -0.4 is 5.32 Å². The maximum Gasteiger partial charge on any atom is 0.324 e. The Bertz CT molecular complexity index is 809. The van der Waals surface area contributed by atoms with E-state index in [4.69, 9.17) is 0 Å². The maximum absolute atomic E-state index is 12.9. The van der Waals surface area contributed by atoms with Crippen LogP contribution in [-0.2, 0) is 14.8 Å². The number of urea groups is 1. The van der Waals surface area contributed by atoms with Gasteiger partial charge in [0.15, 0.2) is 0 Å². The third-order valence-corrected chi connectivity index (χ3v) is 7.09. The Kier molecular flexibility index (Phi) is 5.83. The second-order valence-corrected chi connectivity index (χ2v) is 8.94. The molecule has 1 aromatic rings. The highest BCUT2D eigenvalue weighted by molar-refractivity contribution is 7.89. The summed E-state index contributed by atoms with van der Waals surface area (Å²) < 4.78 is 27.3. The maximum atomic E-state index is 12.9. The minimum absolute atomic E-state index is 0.236. The molecular formula is C18H26N4O4S. The van der Waals surface area contributed by atoms with Gasteiger partial charge in [0, 0.05) is 39.3 Å². The Morgan fingerprint density at radius 2 is 1.78 bits per heavy atom. The molecule has 0 radical (unpaired) electrons. The third-order valence-electron chi connectivity index (χ3n) is 5.18. The van der Waals surface area contributed by atoms with E-state index < -0.39 is 16.1 Å². The van der Waals surface area contributed by atoms with Crippen molar-refractivity contribution in [3.8, 4) is 0 Å². The Labute approximate surface area is 160 Å². The molecule has 0 aromatic heterocycles. The molecule has 0 spiro atoms. The molecule has 1 N–H and O–H groups in total. The average Bonchev–Trinajstić information content (AvgIpc) is 2.92. The van der Waals surface area contributed by atoms with E-state index in [1.807, 2.05) is 11.8 Å². The lowest BCUT2D eigenvalue weighted by Crippen LogP contribution is -2.49. The number of hydrogen-bond acceptors (Lipinski definition) is 5. The quantitative estimate of drug-likeness (QED) is 0.809. The molecule has 0 aliphatic carbocycles. The molecule has 2 saturated heterocycles. The number of carbonyl (C=O) groups is 2. The molecule has 2 aliphatic heterocycles. The highest BCUT2D eigenvalue weighted by atomic mass is 32.2. The number of nitrogens with one attached hydrogen (secondary N) is 1. The number of nitrogens with zero attached hydrogens (tertiary/aromatic N) is 3. The van der Waals surface area contributed by atoms with Crippen LogP contribution in [0.25, 0.3) is 0 Å². The largest absolute Gasteiger partial charge is 0.336 e. The standard InChI is InChI=1S/C18H26N4O4S/c1-14-4-6-16(7-5-14)27(25,26)21-10-3-9-20(12-13-21)15(2)17(23)22-11-8-19-18(22)24/h4-7,15H,3,8-13H2,1-2H3,(H,19,24)/t15-/m0/s1. The van der Waals surface area contributed by atoms with Crippen LogP contribution in [0.5, 0.6) is 0 Å². The summed E-state index contributed by atoms with van der Waals surface area (Å²) in [5.74, 6) is -0.236. The third kappa shape index (κ3) is 4.15. The van der Waals surface area contributed by atoms with Crippen LogP contribution >= 0.6 is 0 Å². The van der Waals surface area contributed by atoms with Crippen molar-refractivity contribution < 1.29 is 18.0 Å². The van der Waals surface area contributed by atoms with Crippen LogP contribution in [0.4, 0.5) is 4.79 Å². The van der Waals surface area contributed by atoms with Gasteiger partial charge >= 0.3 is 6.03 Å². The van der Waals surface area contributed by atoms with E-state index in [0.717, 1.165) is 5.56 Å². The molecule has 0 unspecified atom stereocenters. The number of benzene rings is 1. The van der Waals surface area contributed by atoms with Crippen molar-refractivity contribution >= 4 is 22.0 Å². The first-order valence-electron chi connectivity index (χ1n) is 9.21. The molecule has 2 aliphatic rings. The zero-order chi connectivity index (χ0) is 19.6. The van der Waals surface area contributed by atoms with E-state index in [2.05, 4.69) is 5.32 Å². The van der Waals surface area contributed by atoms with Gasteiger partial charge in [0.05, 0.1) is 10.9 Å². The lowest BCUT2D eigenvalue weighted by atomic mass is 10.2. The topological polar surface area (TPSA) is 90.0 Å². The van der Waals surface area contributed by atoms with Crippen LogP contribution in [0.3, 0.4) is 0 Å². The summed E-state index contributed by atoms with van der Waals surface area (Å²) in [6.45, 7) is 6.34. The molecule has 2 heterocycles. The SMILES string of the molecule is Cc1ccc(S(=O)(=O)N2CCCN([C@@H](C)C(=O)N3CCNC3=O)CC2)cc1. The zero-order valence-electron chi connectivity index (χ0n) is 15.7. The van der Waals surface area contributed by atoms with Gasteiger partial charge in [-0.25, -0.2) is 13.2 Å². The average molecular weight is 394 g/mol. The number of hydrogen-bond donors (Lipinski definition) is 1. The van der Waals surface area contributed by atoms with Crippen molar-refractivity contribution in [2.75, 3.05) is 39.3 Å². The molecule has 2 fully saturated rings. The van der Waals surface area contributed by atoms with Crippen LogP contribution in [0, 0.1) is 6.92 Å². The predicted molar refractivity (Wildman–Crippen MR) is 101 cm³/mol. The number of imide groups is 1. The highest BCUT2D eigenvalue weighted by Gasteiger charge is 2.34. The summed E-state index contributed by atoms with van der Waals surface area (Å²) in [6.07, 6.45) is 0.634. The smallest absolute Gasteiger partial charge is 0.324 e. The molecule has 8 nitrogen and oxygen atoms in total. The summed E-state index contributed by atoms with van der Waals surface area (Å²) in [7, 11) is -3.55. The molecule has 27 heavy (non-hydrogen) atoms. The van der Waals surface area contributed by atoms with Crippen LogP contribution in [0.1, 0.15) is 18.9 Å². The van der Waals surface area contributed by atoms with Crippen LogP contribution in [0.2, 0.25) is 0 Å². The van der Waals surface area contributed by atoms with Gasteiger partial charge in [-0.2, -0.15) is 4.31 Å². The van der Waals surface area contributed by atoms with E-state index >= 15 is 0 Å². The van der Waals surface area contributed by atoms with E-state index in [1.54, 1.807) is 31.2 Å².